The molecule has 0 aliphatic carbocycles. The monoisotopic (exact) mass is 706 g/mol. The van der Waals surface area contributed by atoms with Crippen LogP contribution >= 0.6 is 0 Å². The van der Waals surface area contributed by atoms with Crippen LogP contribution in [-0.4, -0.2) is 70.2 Å². The number of hydrogen-bond donors (Lipinski definition) is 4. The van der Waals surface area contributed by atoms with Gasteiger partial charge in [-0.05, 0) is 63.5 Å². The van der Waals surface area contributed by atoms with Crippen molar-refractivity contribution < 1.29 is 38.2 Å². The lowest BCUT2D eigenvalue weighted by Crippen LogP contribution is -2.30. The van der Waals surface area contributed by atoms with Crippen LogP contribution < -0.4 is 21.7 Å². The molecule has 5 N–H and O–H groups in total. The summed E-state index contributed by atoms with van der Waals surface area (Å²) >= 11 is 0. The number of hydrogen-bond acceptors (Lipinski definition) is 9. The fourth-order valence-electron chi connectivity index (χ4n) is 4.96. The van der Waals surface area contributed by atoms with E-state index in [-0.39, 0.29) is 54.0 Å². The van der Waals surface area contributed by atoms with Gasteiger partial charge >= 0.3 is 18.0 Å². The van der Waals surface area contributed by atoms with Crippen LogP contribution in [0.3, 0.4) is 0 Å². The summed E-state index contributed by atoms with van der Waals surface area (Å²) in [5.74, 6) is -0.372. The Balaban J connectivity index is 0.00000105. The first-order chi connectivity index (χ1) is 24.0. The molecular weight excluding hydrogens is 640 g/mol. The molecule has 4 atom stereocenters. The summed E-state index contributed by atoms with van der Waals surface area (Å²) in [7, 11) is 2.80. The fourth-order valence-corrected chi connectivity index (χ4v) is 4.96. The molecule has 0 aromatic heterocycles. The number of methoxy groups -OCH3 is 2. The largest absolute Gasteiger partial charge is 0.469 e. The SMILES string of the molecule is COC(=O)[C@@H](C)CCCCNC(=O)[C@@H](C)CCCCN.COC(=O)[C@@H](C)CCCCNC(=O)[C@@H](C)CCCCNC(=O)OCc1ccccc1. The summed E-state index contributed by atoms with van der Waals surface area (Å²) in [6, 6.07) is 9.53. The molecule has 3 amide bonds. The molecule has 0 aliphatic rings. The first-order valence-corrected chi connectivity index (χ1v) is 18.3. The Morgan fingerprint density at radius 3 is 1.40 bits per heavy atom. The fraction of sp³-hybridized carbons (Fsp3) is 0.711. The number of ether oxygens (including phenoxy) is 3. The van der Waals surface area contributed by atoms with E-state index in [1.165, 1.54) is 14.2 Å². The molecule has 0 saturated carbocycles. The quantitative estimate of drug-likeness (QED) is 0.0568. The molecule has 50 heavy (non-hydrogen) atoms. The predicted octanol–water partition coefficient (Wildman–Crippen LogP) is 5.66. The molecule has 1 rings (SSSR count). The van der Waals surface area contributed by atoms with Crippen molar-refractivity contribution in [3.8, 4) is 0 Å². The number of esters is 2. The lowest BCUT2D eigenvalue weighted by atomic mass is 10.0. The Hall–Kier alpha value is -3.67. The number of carbonyl (C=O) groups is 5. The number of alkyl carbamates (subject to hydrolysis) is 1. The van der Waals surface area contributed by atoms with Crippen LogP contribution in [-0.2, 0) is 40.0 Å². The van der Waals surface area contributed by atoms with Crippen molar-refractivity contribution in [2.75, 3.05) is 40.4 Å². The van der Waals surface area contributed by atoms with E-state index in [2.05, 4.69) is 20.7 Å². The van der Waals surface area contributed by atoms with Gasteiger partial charge in [0.15, 0.2) is 0 Å². The van der Waals surface area contributed by atoms with E-state index >= 15 is 0 Å². The summed E-state index contributed by atoms with van der Waals surface area (Å²) in [5.41, 5.74) is 6.38. The zero-order valence-corrected chi connectivity index (χ0v) is 31.6. The van der Waals surface area contributed by atoms with Crippen molar-refractivity contribution in [1.29, 1.82) is 0 Å². The van der Waals surface area contributed by atoms with Gasteiger partial charge in [-0.2, -0.15) is 0 Å². The Labute approximate surface area is 300 Å². The van der Waals surface area contributed by atoms with Gasteiger partial charge in [0, 0.05) is 31.5 Å². The molecule has 0 fully saturated rings. The molecule has 0 saturated heterocycles. The molecule has 12 heteroatoms. The number of amides is 3. The van der Waals surface area contributed by atoms with Crippen molar-refractivity contribution in [1.82, 2.24) is 16.0 Å². The van der Waals surface area contributed by atoms with Gasteiger partial charge in [0.2, 0.25) is 11.8 Å². The minimum atomic E-state index is -0.425. The van der Waals surface area contributed by atoms with Gasteiger partial charge in [0.05, 0.1) is 26.1 Å². The van der Waals surface area contributed by atoms with E-state index in [1.807, 2.05) is 58.0 Å². The van der Waals surface area contributed by atoms with E-state index in [0.29, 0.717) is 26.2 Å². The lowest BCUT2D eigenvalue weighted by molar-refractivity contribution is -0.145. The Bertz CT molecular complexity index is 1070. The van der Waals surface area contributed by atoms with Crippen LogP contribution in [0, 0.1) is 23.7 Å². The maximum absolute atomic E-state index is 12.1. The standard InChI is InChI=1S/C23H36N2O5.C15H30N2O3/c1-18(21(26)24-15-9-8-12-19(2)22(27)29-3)11-7-10-16-25-23(28)30-17-20-13-5-4-6-14-20;1-12(8-4-6-10-16)14(18)17-11-7-5-9-13(2)15(19)20-3/h4-6,13-14,18-19H,7-12,15-17H2,1-3H3,(H,24,26)(H,25,28);12-13H,4-11,16H2,1-3H3,(H,17,18)/t18-,19-;12-,13-/m00/s1. The van der Waals surface area contributed by atoms with Gasteiger partial charge in [0.25, 0.3) is 0 Å². The highest BCUT2D eigenvalue weighted by Gasteiger charge is 2.15. The molecule has 0 unspecified atom stereocenters. The Kier molecular flexibility index (Phi) is 28.0. The van der Waals surface area contributed by atoms with Crippen LogP contribution in [0.4, 0.5) is 4.79 Å². The highest BCUT2D eigenvalue weighted by atomic mass is 16.5. The predicted molar refractivity (Wildman–Crippen MR) is 196 cm³/mol. The average molecular weight is 707 g/mol. The van der Waals surface area contributed by atoms with E-state index in [0.717, 1.165) is 82.6 Å². The van der Waals surface area contributed by atoms with Crippen LogP contribution in [0.2, 0.25) is 0 Å². The highest BCUT2D eigenvalue weighted by Crippen LogP contribution is 2.12. The van der Waals surface area contributed by atoms with Crippen LogP contribution in [0.15, 0.2) is 30.3 Å². The number of rotatable bonds is 25. The van der Waals surface area contributed by atoms with Crippen molar-refractivity contribution in [2.24, 2.45) is 29.4 Å². The summed E-state index contributed by atoms with van der Waals surface area (Å²) < 4.78 is 14.5. The number of nitrogens with two attached hydrogens (primary N) is 1. The molecule has 0 radical (unpaired) electrons. The van der Waals surface area contributed by atoms with Gasteiger partial charge in [-0.15, -0.1) is 0 Å². The molecule has 12 nitrogen and oxygen atoms in total. The number of nitrogens with one attached hydrogen (secondary N) is 3. The third kappa shape index (κ3) is 24.5. The van der Waals surface area contributed by atoms with Gasteiger partial charge in [-0.3, -0.25) is 19.2 Å². The zero-order chi connectivity index (χ0) is 37.6. The van der Waals surface area contributed by atoms with Crippen molar-refractivity contribution in [3.63, 3.8) is 0 Å². The maximum Gasteiger partial charge on any atom is 0.407 e. The molecular formula is C38H66N4O8. The molecule has 1 aromatic rings. The lowest BCUT2D eigenvalue weighted by Gasteiger charge is -2.13. The maximum atomic E-state index is 12.1. The van der Waals surface area contributed by atoms with Gasteiger partial charge < -0.3 is 35.9 Å². The van der Waals surface area contributed by atoms with E-state index in [9.17, 15) is 24.0 Å². The first kappa shape index (κ1) is 46.3. The van der Waals surface area contributed by atoms with Crippen molar-refractivity contribution in [2.45, 2.75) is 111 Å². The smallest absolute Gasteiger partial charge is 0.407 e. The second-order valence-corrected chi connectivity index (χ2v) is 13.0. The number of benzene rings is 1. The van der Waals surface area contributed by atoms with Crippen molar-refractivity contribution in [3.05, 3.63) is 35.9 Å². The van der Waals surface area contributed by atoms with E-state index in [4.69, 9.17) is 15.2 Å². The highest BCUT2D eigenvalue weighted by molar-refractivity contribution is 5.78. The number of carbonyl (C=O) groups excluding carboxylic acids is 5. The summed E-state index contributed by atoms with van der Waals surface area (Å²) in [5, 5.41) is 8.62. The Morgan fingerprint density at radius 1 is 0.580 bits per heavy atom. The third-order valence-electron chi connectivity index (χ3n) is 8.47. The van der Waals surface area contributed by atoms with E-state index in [1.54, 1.807) is 0 Å². The summed E-state index contributed by atoms with van der Waals surface area (Å²) in [6.07, 6.45) is 9.94. The van der Waals surface area contributed by atoms with Crippen LogP contribution in [0.5, 0.6) is 0 Å². The molecule has 1 aromatic carbocycles. The molecule has 286 valence electrons. The van der Waals surface area contributed by atoms with Crippen LogP contribution in [0.1, 0.15) is 110 Å². The Morgan fingerprint density at radius 2 is 0.980 bits per heavy atom. The average Bonchev–Trinajstić information content (AvgIpc) is 3.12. The van der Waals surface area contributed by atoms with Crippen molar-refractivity contribution >= 4 is 29.8 Å². The minimum absolute atomic E-state index is 0.0475. The molecule has 0 spiro atoms. The molecule has 0 aliphatic heterocycles. The number of unbranched alkanes of at least 4 members (excludes halogenated alkanes) is 4. The minimum Gasteiger partial charge on any atom is -0.469 e. The van der Waals surface area contributed by atoms with Crippen LogP contribution in [0.25, 0.3) is 0 Å². The summed E-state index contributed by atoms with van der Waals surface area (Å²) in [4.78, 5) is 58.1. The second-order valence-electron chi connectivity index (χ2n) is 13.0. The molecule has 0 heterocycles. The normalized spacial score (nSPS) is 12.9. The molecule has 0 bridgehead atoms. The zero-order valence-electron chi connectivity index (χ0n) is 31.6. The first-order valence-electron chi connectivity index (χ1n) is 18.3. The van der Waals surface area contributed by atoms with Gasteiger partial charge in [-0.25, -0.2) is 4.79 Å². The van der Waals surface area contributed by atoms with E-state index < -0.39 is 6.09 Å². The van der Waals surface area contributed by atoms with Gasteiger partial charge in [-0.1, -0.05) is 83.7 Å². The second kappa shape index (κ2) is 30.2. The third-order valence-corrected chi connectivity index (χ3v) is 8.47. The topological polar surface area (TPSA) is 175 Å². The summed E-state index contributed by atoms with van der Waals surface area (Å²) in [6.45, 7) is 10.3. The van der Waals surface area contributed by atoms with Gasteiger partial charge in [0.1, 0.15) is 6.61 Å².